The minimum absolute atomic E-state index is 0.0341. The molecule has 26 heavy (non-hydrogen) atoms. The van der Waals surface area contributed by atoms with Gasteiger partial charge in [-0.15, -0.1) is 11.3 Å². The van der Waals surface area contributed by atoms with Crippen molar-refractivity contribution in [3.63, 3.8) is 0 Å². The summed E-state index contributed by atoms with van der Waals surface area (Å²) in [6, 6.07) is 11.5. The first-order valence-electron chi connectivity index (χ1n) is 8.27. The summed E-state index contributed by atoms with van der Waals surface area (Å²) in [6.45, 7) is 1.02. The molecule has 0 fully saturated rings. The van der Waals surface area contributed by atoms with Crippen LogP contribution in [0.5, 0.6) is 0 Å². The predicted molar refractivity (Wildman–Crippen MR) is 96.9 cm³/mol. The fraction of sp³-hybridized carbons (Fsp3) is 0.222. The Bertz CT molecular complexity index is 897. The number of amides is 2. The van der Waals surface area contributed by atoms with Crippen molar-refractivity contribution >= 4 is 23.2 Å². The molecule has 3 aromatic rings. The molecule has 3 heterocycles. The summed E-state index contributed by atoms with van der Waals surface area (Å²) in [5.74, 6) is -0.373. The second kappa shape index (κ2) is 7.09. The van der Waals surface area contributed by atoms with E-state index in [1.165, 1.54) is 11.3 Å². The number of carbonyl (C=O) groups excluding carboxylic acids is 2. The van der Waals surface area contributed by atoms with Crippen LogP contribution in [-0.4, -0.2) is 32.6 Å². The van der Waals surface area contributed by atoms with Gasteiger partial charge in [0, 0.05) is 24.0 Å². The monoisotopic (exact) mass is 367 g/mol. The molecule has 1 aromatic carbocycles. The predicted octanol–water partition coefficient (Wildman–Crippen LogP) is 1.62. The maximum absolute atomic E-state index is 12.3. The lowest BCUT2D eigenvalue weighted by atomic mass is 10.2. The van der Waals surface area contributed by atoms with E-state index in [2.05, 4.69) is 20.7 Å². The van der Waals surface area contributed by atoms with Gasteiger partial charge in [-0.3, -0.25) is 14.3 Å². The second-order valence-electron chi connectivity index (χ2n) is 6.12. The van der Waals surface area contributed by atoms with Crippen LogP contribution in [-0.2, 0) is 19.5 Å². The standard InChI is InChI=1S/C18H17N5O2S/c24-17(19-8-12-4-2-1-3-5-12)15-7-14-6-13(9-23(14)22-15)21-18(25)16-10-26-11-20-16/h1-5,7,10-11,13H,6,8-9H2,(H,19,24)(H,21,25)/t13-/m0/s1. The minimum atomic E-state index is -0.196. The number of hydrogen-bond donors (Lipinski definition) is 2. The third-order valence-corrected chi connectivity index (χ3v) is 4.83. The summed E-state index contributed by atoms with van der Waals surface area (Å²) < 4.78 is 1.78. The van der Waals surface area contributed by atoms with Crippen molar-refractivity contribution in [2.24, 2.45) is 0 Å². The van der Waals surface area contributed by atoms with E-state index in [0.717, 1.165) is 11.3 Å². The minimum Gasteiger partial charge on any atom is -0.347 e. The number of hydrogen-bond acceptors (Lipinski definition) is 5. The summed E-state index contributed by atoms with van der Waals surface area (Å²) in [7, 11) is 0. The number of nitrogens with one attached hydrogen (secondary N) is 2. The molecule has 1 atom stereocenters. The molecule has 8 heteroatoms. The molecular weight excluding hydrogens is 350 g/mol. The molecule has 1 aliphatic heterocycles. The van der Waals surface area contributed by atoms with Crippen LogP contribution in [0.25, 0.3) is 0 Å². The maximum atomic E-state index is 12.3. The molecule has 0 saturated carbocycles. The highest BCUT2D eigenvalue weighted by atomic mass is 32.1. The summed E-state index contributed by atoms with van der Waals surface area (Å²) in [5, 5.41) is 11.9. The number of fused-ring (bicyclic) bond motifs is 1. The smallest absolute Gasteiger partial charge is 0.272 e. The van der Waals surface area contributed by atoms with Gasteiger partial charge in [-0.2, -0.15) is 5.10 Å². The zero-order valence-electron chi connectivity index (χ0n) is 13.9. The molecule has 2 amide bonds. The molecule has 2 aromatic heterocycles. The van der Waals surface area contributed by atoms with Crippen LogP contribution in [0.4, 0.5) is 0 Å². The Labute approximate surface area is 154 Å². The van der Waals surface area contributed by atoms with Gasteiger partial charge in [-0.05, 0) is 11.6 Å². The van der Waals surface area contributed by atoms with Crippen molar-refractivity contribution in [3.8, 4) is 0 Å². The van der Waals surface area contributed by atoms with Crippen molar-refractivity contribution in [2.75, 3.05) is 0 Å². The van der Waals surface area contributed by atoms with E-state index < -0.39 is 0 Å². The first kappa shape index (κ1) is 16.5. The molecule has 4 rings (SSSR count). The Morgan fingerprint density at radius 3 is 2.77 bits per heavy atom. The Hall–Kier alpha value is -3.00. The Balaban J connectivity index is 1.33. The topological polar surface area (TPSA) is 88.9 Å². The molecule has 0 saturated heterocycles. The fourth-order valence-electron chi connectivity index (χ4n) is 2.96. The van der Waals surface area contributed by atoms with E-state index >= 15 is 0 Å². The SMILES string of the molecule is O=C(NCc1ccccc1)c1cc2n(n1)C[C@@H](NC(=O)c1cscn1)C2. The zero-order valence-corrected chi connectivity index (χ0v) is 14.7. The van der Waals surface area contributed by atoms with Gasteiger partial charge in [0.15, 0.2) is 0 Å². The molecule has 7 nitrogen and oxygen atoms in total. The maximum Gasteiger partial charge on any atom is 0.272 e. The lowest BCUT2D eigenvalue weighted by Gasteiger charge is -2.10. The zero-order chi connectivity index (χ0) is 17.9. The summed E-state index contributed by atoms with van der Waals surface area (Å²) >= 11 is 1.39. The molecule has 0 bridgehead atoms. The summed E-state index contributed by atoms with van der Waals surface area (Å²) in [6.07, 6.45) is 0.648. The number of nitrogens with zero attached hydrogens (tertiary/aromatic N) is 3. The molecule has 0 aliphatic carbocycles. The second-order valence-corrected chi connectivity index (χ2v) is 6.84. The van der Waals surface area contributed by atoms with Crippen molar-refractivity contribution in [1.29, 1.82) is 0 Å². The average molecular weight is 367 g/mol. The van der Waals surface area contributed by atoms with Gasteiger partial charge in [0.05, 0.1) is 18.1 Å². The van der Waals surface area contributed by atoms with Gasteiger partial charge in [0.2, 0.25) is 0 Å². The molecule has 0 spiro atoms. The molecule has 1 aliphatic rings. The lowest BCUT2D eigenvalue weighted by Crippen LogP contribution is -2.36. The average Bonchev–Trinajstić information content (AvgIpc) is 3.36. The van der Waals surface area contributed by atoms with Crippen LogP contribution in [0.1, 0.15) is 32.2 Å². The van der Waals surface area contributed by atoms with Crippen LogP contribution in [0.2, 0.25) is 0 Å². The van der Waals surface area contributed by atoms with E-state index in [9.17, 15) is 9.59 Å². The highest BCUT2D eigenvalue weighted by molar-refractivity contribution is 7.07. The molecule has 0 unspecified atom stereocenters. The fourth-order valence-corrected chi connectivity index (χ4v) is 3.50. The summed E-state index contributed by atoms with van der Waals surface area (Å²) in [4.78, 5) is 28.4. The largest absolute Gasteiger partial charge is 0.347 e. The molecule has 0 radical (unpaired) electrons. The van der Waals surface area contributed by atoms with Crippen LogP contribution >= 0.6 is 11.3 Å². The van der Waals surface area contributed by atoms with Gasteiger partial charge < -0.3 is 10.6 Å². The van der Waals surface area contributed by atoms with Crippen LogP contribution < -0.4 is 10.6 Å². The third-order valence-electron chi connectivity index (χ3n) is 4.24. The quantitative estimate of drug-likeness (QED) is 0.717. The number of rotatable bonds is 5. The van der Waals surface area contributed by atoms with E-state index in [1.807, 2.05) is 30.3 Å². The van der Waals surface area contributed by atoms with E-state index in [-0.39, 0.29) is 17.9 Å². The van der Waals surface area contributed by atoms with Gasteiger partial charge in [0.25, 0.3) is 11.8 Å². The number of carbonyl (C=O) groups is 2. The Morgan fingerprint density at radius 1 is 1.19 bits per heavy atom. The molecular formula is C18H17N5O2S. The van der Waals surface area contributed by atoms with Gasteiger partial charge in [-0.1, -0.05) is 30.3 Å². The first-order valence-corrected chi connectivity index (χ1v) is 9.21. The highest BCUT2D eigenvalue weighted by Gasteiger charge is 2.26. The normalized spacial score (nSPS) is 15.5. The first-order chi connectivity index (χ1) is 12.7. The van der Waals surface area contributed by atoms with E-state index in [4.69, 9.17) is 0 Å². The van der Waals surface area contributed by atoms with Crippen LogP contribution in [0, 0.1) is 0 Å². The van der Waals surface area contributed by atoms with Crippen molar-refractivity contribution in [2.45, 2.75) is 25.6 Å². The Kier molecular flexibility index (Phi) is 4.49. The van der Waals surface area contributed by atoms with E-state index in [0.29, 0.717) is 30.9 Å². The van der Waals surface area contributed by atoms with Crippen LogP contribution in [0.15, 0.2) is 47.3 Å². The summed E-state index contributed by atoms with van der Waals surface area (Å²) in [5.41, 5.74) is 4.45. The van der Waals surface area contributed by atoms with Gasteiger partial charge in [-0.25, -0.2) is 4.98 Å². The third kappa shape index (κ3) is 3.50. The molecule has 2 N–H and O–H groups in total. The van der Waals surface area contributed by atoms with Crippen molar-refractivity contribution < 1.29 is 9.59 Å². The molecule has 132 valence electrons. The number of aromatic nitrogens is 3. The van der Waals surface area contributed by atoms with Crippen LogP contribution in [0.3, 0.4) is 0 Å². The van der Waals surface area contributed by atoms with E-state index in [1.54, 1.807) is 21.6 Å². The number of benzene rings is 1. The van der Waals surface area contributed by atoms with Crippen molar-refractivity contribution in [1.82, 2.24) is 25.4 Å². The van der Waals surface area contributed by atoms with Gasteiger partial charge in [0.1, 0.15) is 11.4 Å². The van der Waals surface area contributed by atoms with Crippen molar-refractivity contribution in [3.05, 3.63) is 69.9 Å². The Morgan fingerprint density at radius 2 is 2.04 bits per heavy atom. The lowest BCUT2D eigenvalue weighted by molar-refractivity contribution is 0.0924. The van der Waals surface area contributed by atoms with Gasteiger partial charge >= 0.3 is 0 Å². The number of thiazole rings is 1. The highest BCUT2D eigenvalue weighted by Crippen LogP contribution is 2.17.